The largest absolute Gasteiger partial charge is 0.325 e. The number of amides is 4. The molecule has 1 spiro atoms. The molecular weight excluding hydrogens is 318 g/mol. The summed E-state index contributed by atoms with van der Waals surface area (Å²) >= 11 is 0. The fraction of sp³-hybridized carbons (Fsp3) is 0.526. The van der Waals surface area contributed by atoms with Crippen LogP contribution in [0.1, 0.15) is 43.7 Å². The molecule has 3 rings (SSSR count). The van der Waals surface area contributed by atoms with Crippen molar-refractivity contribution in [3.05, 3.63) is 29.3 Å². The summed E-state index contributed by atoms with van der Waals surface area (Å²) in [6, 6.07) is 5.28. The fourth-order valence-corrected chi connectivity index (χ4v) is 4.03. The average Bonchev–Trinajstić information content (AvgIpc) is 2.74. The van der Waals surface area contributed by atoms with E-state index in [4.69, 9.17) is 0 Å². The number of urea groups is 1. The Kier molecular flexibility index (Phi) is 4.54. The zero-order chi connectivity index (χ0) is 18.2. The summed E-state index contributed by atoms with van der Waals surface area (Å²) in [4.78, 5) is 38.6. The lowest BCUT2D eigenvalue weighted by Crippen LogP contribution is -2.54. The normalized spacial score (nSPS) is 26.0. The van der Waals surface area contributed by atoms with Crippen molar-refractivity contribution >= 4 is 23.5 Å². The van der Waals surface area contributed by atoms with Crippen LogP contribution in [0.25, 0.3) is 0 Å². The fourth-order valence-electron chi connectivity index (χ4n) is 4.03. The van der Waals surface area contributed by atoms with E-state index in [9.17, 15) is 14.4 Å². The van der Waals surface area contributed by atoms with Gasteiger partial charge in [-0.3, -0.25) is 14.5 Å². The van der Waals surface area contributed by atoms with Gasteiger partial charge in [0.2, 0.25) is 5.91 Å². The Morgan fingerprint density at radius 1 is 1.24 bits per heavy atom. The molecule has 1 saturated heterocycles. The molecular formula is C19H25N3O3. The minimum absolute atomic E-state index is 0.0881. The Labute approximate surface area is 148 Å². The molecule has 6 heteroatoms. The van der Waals surface area contributed by atoms with Gasteiger partial charge in [0.25, 0.3) is 5.91 Å². The number of benzene rings is 1. The van der Waals surface area contributed by atoms with Gasteiger partial charge in [-0.25, -0.2) is 4.79 Å². The molecule has 4 amide bonds. The van der Waals surface area contributed by atoms with Crippen molar-refractivity contribution in [3.63, 3.8) is 0 Å². The molecule has 2 N–H and O–H groups in total. The van der Waals surface area contributed by atoms with Gasteiger partial charge in [-0.05, 0) is 55.9 Å². The molecule has 1 aromatic rings. The van der Waals surface area contributed by atoms with Crippen molar-refractivity contribution in [2.75, 3.05) is 11.9 Å². The highest BCUT2D eigenvalue weighted by atomic mass is 16.2. The van der Waals surface area contributed by atoms with Gasteiger partial charge in [-0.1, -0.05) is 25.8 Å². The molecule has 0 bridgehead atoms. The number of aryl methyl sites for hydroxylation is 2. The molecule has 0 unspecified atom stereocenters. The first-order chi connectivity index (χ1) is 11.8. The quantitative estimate of drug-likeness (QED) is 0.828. The third-order valence-corrected chi connectivity index (χ3v) is 5.31. The van der Waals surface area contributed by atoms with Gasteiger partial charge in [0.05, 0.1) is 0 Å². The molecule has 2 aliphatic rings. The summed E-state index contributed by atoms with van der Waals surface area (Å²) < 4.78 is 0. The molecule has 2 fully saturated rings. The van der Waals surface area contributed by atoms with Crippen LogP contribution in [0.4, 0.5) is 10.5 Å². The Morgan fingerprint density at radius 3 is 2.56 bits per heavy atom. The van der Waals surface area contributed by atoms with Crippen LogP contribution in [0.3, 0.4) is 0 Å². The number of carbonyl (C=O) groups excluding carboxylic acids is 3. The van der Waals surface area contributed by atoms with Gasteiger partial charge in [0, 0.05) is 5.69 Å². The number of nitrogens with one attached hydrogen (secondary N) is 2. The van der Waals surface area contributed by atoms with Gasteiger partial charge in [-0.15, -0.1) is 0 Å². The second-order valence-corrected chi connectivity index (χ2v) is 7.36. The van der Waals surface area contributed by atoms with Gasteiger partial charge in [0.1, 0.15) is 12.1 Å². The third kappa shape index (κ3) is 3.25. The molecule has 1 saturated carbocycles. The van der Waals surface area contributed by atoms with Crippen molar-refractivity contribution < 1.29 is 14.4 Å². The summed E-state index contributed by atoms with van der Waals surface area (Å²) in [5.74, 6) is -0.542. The molecule has 25 heavy (non-hydrogen) atoms. The van der Waals surface area contributed by atoms with E-state index < -0.39 is 11.6 Å². The van der Waals surface area contributed by atoms with E-state index in [1.807, 2.05) is 39.0 Å². The lowest BCUT2D eigenvalue weighted by molar-refractivity contribution is -0.136. The maximum absolute atomic E-state index is 12.9. The van der Waals surface area contributed by atoms with Crippen molar-refractivity contribution in [3.8, 4) is 0 Å². The highest BCUT2D eigenvalue weighted by Crippen LogP contribution is 2.38. The predicted molar refractivity (Wildman–Crippen MR) is 95.2 cm³/mol. The number of nitrogens with zero attached hydrogens (tertiary/aromatic N) is 1. The topological polar surface area (TPSA) is 78.5 Å². The van der Waals surface area contributed by atoms with Crippen LogP contribution >= 0.6 is 0 Å². The second kappa shape index (κ2) is 6.50. The van der Waals surface area contributed by atoms with E-state index in [1.165, 1.54) is 0 Å². The number of hydrogen-bond acceptors (Lipinski definition) is 3. The minimum Gasteiger partial charge on any atom is -0.325 e. The lowest BCUT2D eigenvalue weighted by atomic mass is 9.73. The van der Waals surface area contributed by atoms with Crippen molar-refractivity contribution in [1.29, 1.82) is 0 Å². The SMILES string of the molecule is Cc1cc(C)cc(NC(=O)CN2C(=O)N[C@@]3(CCCC[C@@H]3C)C2=O)c1. The van der Waals surface area contributed by atoms with Crippen LogP contribution in [0.5, 0.6) is 0 Å². The Morgan fingerprint density at radius 2 is 1.92 bits per heavy atom. The number of imide groups is 1. The van der Waals surface area contributed by atoms with Crippen molar-refractivity contribution in [2.24, 2.45) is 5.92 Å². The van der Waals surface area contributed by atoms with E-state index in [-0.39, 0.29) is 24.3 Å². The van der Waals surface area contributed by atoms with Crippen LogP contribution in [0.2, 0.25) is 0 Å². The van der Waals surface area contributed by atoms with Crippen LogP contribution in [0.15, 0.2) is 18.2 Å². The number of anilines is 1. The standard InChI is InChI=1S/C19H25N3O3/c1-12-8-13(2)10-15(9-12)20-16(23)11-22-17(24)19(21-18(22)25)7-5-4-6-14(19)3/h8-10,14H,4-7,11H2,1-3H3,(H,20,23)(H,21,25)/t14-,19+/m0/s1. The maximum Gasteiger partial charge on any atom is 0.325 e. The van der Waals surface area contributed by atoms with Crippen LogP contribution in [-0.2, 0) is 9.59 Å². The molecule has 0 aromatic heterocycles. The van der Waals surface area contributed by atoms with Gasteiger partial charge in [0.15, 0.2) is 0 Å². The zero-order valence-electron chi connectivity index (χ0n) is 15.0. The second-order valence-electron chi connectivity index (χ2n) is 7.36. The van der Waals surface area contributed by atoms with E-state index in [1.54, 1.807) is 0 Å². The Balaban J connectivity index is 1.71. The summed E-state index contributed by atoms with van der Waals surface area (Å²) in [6.45, 7) is 5.64. The Hall–Kier alpha value is -2.37. The van der Waals surface area contributed by atoms with Crippen LogP contribution in [0, 0.1) is 19.8 Å². The van der Waals surface area contributed by atoms with E-state index in [0.717, 1.165) is 35.3 Å². The summed E-state index contributed by atoms with van der Waals surface area (Å²) in [6.07, 6.45) is 3.54. The molecule has 1 aliphatic heterocycles. The lowest BCUT2D eigenvalue weighted by Gasteiger charge is -2.36. The van der Waals surface area contributed by atoms with E-state index in [2.05, 4.69) is 10.6 Å². The number of carbonyl (C=O) groups is 3. The van der Waals surface area contributed by atoms with Crippen LogP contribution < -0.4 is 10.6 Å². The molecule has 1 heterocycles. The molecule has 0 radical (unpaired) electrons. The molecule has 6 nitrogen and oxygen atoms in total. The number of rotatable bonds is 3. The zero-order valence-corrected chi connectivity index (χ0v) is 15.0. The van der Waals surface area contributed by atoms with Crippen molar-refractivity contribution in [2.45, 2.75) is 52.0 Å². The number of hydrogen-bond donors (Lipinski definition) is 2. The van der Waals surface area contributed by atoms with E-state index >= 15 is 0 Å². The van der Waals surface area contributed by atoms with Crippen molar-refractivity contribution in [1.82, 2.24) is 10.2 Å². The first-order valence-corrected chi connectivity index (χ1v) is 8.84. The summed E-state index contributed by atoms with van der Waals surface area (Å²) in [7, 11) is 0. The molecule has 134 valence electrons. The van der Waals surface area contributed by atoms with E-state index in [0.29, 0.717) is 12.1 Å². The first-order valence-electron chi connectivity index (χ1n) is 8.84. The molecule has 2 atom stereocenters. The maximum atomic E-state index is 12.9. The van der Waals surface area contributed by atoms with Crippen LogP contribution in [-0.4, -0.2) is 34.8 Å². The van der Waals surface area contributed by atoms with Gasteiger partial charge in [-0.2, -0.15) is 0 Å². The smallest absolute Gasteiger partial charge is 0.325 e. The minimum atomic E-state index is -0.824. The highest BCUT2D eigenvalue weighted by molar-refractivity contribution is 6.10. The summed E-state index contributed by atoms with van der Waals surface area (Å²) in [5, 5.41) is 5.65. The monoisotopic (exact) mass is 343 g/mol. The third-order valence-electron chi connectivity index (χ3n) is 5.31. The molecule has 1 aromatic carbocycles. The van der Waals surface area contributed by atoms with Gasteiger partial charge >= 0.3 is 6.03 Å². The first kappa shape index (κ1) is 17.5. The van der Waals surface area contributed by atoms with Gasteiger partial charge < -0.3 is 10.6 Å². The average molecular weight is 343 g/mol. The molecule has 1 aliphatic carbocycles. The highest BCUT2D eigenvalue weighted by Gasteiger charge is 2.55. The predicted octanol–water partition coefficient (Wildman–Crippen LogP) is 2.74. The Bertz CT molecular complexity index is 710. The summed E-state index contributed by atoms with van der Waals surface area (Å²) in [5.41, 5.74) is 1.94.